The van der Waals surface area contributed by atoms with Gasteiger partial charge in [0.2, 0.25) is 0 Å². The monoisotopic (exact) mass is 214 g/mol. The molecule has 0 fully saturated rings. The molecule has 0 aliphatic rings. The van der Waals surface area contributed by atoms with Crippen LogP contribution in [-0.4, -0.2) is 4.87 Å². The van der Waals surface area contributed by atoms with Crippen LogP contribution in [-0.2, 0) is 0 Å². The summed E-state index contributed by atoms with van der Waals surface area (Å²) in [5, 5.41) is 0. The zero-order valence-corrected chi connectivity index (χ0v) is 8.62. The third-order valence-electron chi connectivity index (χ3n) is 1.42. The van der Waals surface area contributed by atoms with Crippen LogP contribution in [0.25, 0.3) is 0 Å². The Bertz CT molecular complexity index is 394. The normalized spacial score (nSPS) is 10.6. The molecule has 14 heavy (non-hydrogen) atoms. The molecule has 0 amide bonds. The molecule has 0 nitrogen and oxygen atoms in total. The lowest BCUT2D eigenvalue weighted by molar-refractivity contribution is 0.508. The van der Waals surface area contributed by atoms with Gasteiger partial charge in [-0.2, -0.15) is 0 Å². The Morgan fingerprint density at radius 2 is 1.86 bits per heavy atom. The minimum atomic E-state index is -0.899. The van der Waals surface area contributed by atoms with E-state index in [4.69, 9.17) is 11.6 Å². The molecular formula is C11H9ClF2. The molecular weight excluding hydrogens is 206 g/mol. The average molecular weight is 215 g/mol. The van der Waals surface area contributed by atoms with E-state index in [-0.39, 0.29) is 0 Å². The summed E-state index contributed by atoms with van der Waals surface area (Å²) in [7, 11) is 0. The van der Waals surface area contributed by atoms with Crippen LogP contribution >= 0.6 is 11.6 Å². The fourth-order valence-corrected chi connectivity index (χ4v) is 0.842. The van der Waals surface area contributed by atoms with Crippen molar-refractivity contribution >= 4 is 11.6 Å². The fourth-order valence-electron chi connectivity index (χ4n) is 0.795. The van der Waals surface area contributed by atoms with Crippen LogP contribution in [0.15, 0.2) is 18.2 Å². The van der Waals surface area contributed by atoms with E-state index in [9.17, 15) is 8.78 Å². The van der Waals surface area contributed by atoms with Crippen LogP contribution in [0, 0.1) is 23.5 Å². The topological polar surface area (TPSA) is 0 Å². The number of benzene rings is 1. The first-order valence-electron chi connectivity index (χ1n) is 4.05. The number of alkyl halides is 1. The Hall–Kier alpha value is -1.07. The van der Waals surface area contributed by atoms with Gasteiger partial charge in [-0.25, -0.2) is 8.78 Å². The molecule has 0 aliphatic carbocycles. The Kier molecular flexibility index (Phi) is 3.13. The summed E-state index contributed by atoms with van der Waals surface area (Å²) in [6.07, 6.45) is 0. The van der Waals surface area contributed by atoms with E-state index in [1.165, 1.54) is 6.07 Å². The second-order valence-electron chi connectivity index (χ2n) is 3.35. The molecule has 0 spiro atoms. The molecule has 3 heteroatoms. The molecule has 1 aromatic carbocycles. The molecule has 1 rings (SSSR count). The van der Waals surface area contributed by atoms with Gasteiger partial charge in [0.25, 0.3) is 0 Å². The van der Waals surface area contributed by atoms with Gasteiger partial charge in [0.1, 0.15) is 0 Å². The van der Waals surface area contributed by atoms with Crippen molar-refractivity contribution in [2.75, 3.05) is 0 Å². The van der Waals surface area contributed by atoms with E-state index in [0.29, 0.717) is 5.56 Å². The van der Waals surface area contributed by atoms with E-state index in [0.717, 1.165) is 12.1 Å². The lowest BCUT2D eigenvalue weighted by atomic mass is 10.1. The number of hydrogen-bond donors (Lipinski definition) is 0. The van der Waals surface area contributed by atoms with Crippen molar-refractivity contribution in [1.29, 1.82) is 0 Å². The van der Waals surface area contributed by atoms with Gasteiger partial charge >= 0.3 is 0 Å². The third-order valence-corrected chi connectivity index (χ3v) is 1.52. The highest BCUT2D eigenvalue weighted by molar-refractivity contribution is 6.25. The minimum Gasteiger partial charge on any atom is -0.204 e. The first-order valence-corrected chi connectivity index (χ1v) is 4.43. The van der Waals surface area contributed by atoms with Crippen LogP contribution in [0.2, 0.25) is 0 Å². The van der Waals surface area contributed by atoms with Gasteiger partial charge in [-0.3, -0.25) is 0 Å². The lowest BCUT2D eigenvalue weighted by Crippen LogP contribution is -2.04. The second-order valence-corrected chi connectivity index (χ2v) is 4.30. The molecule has 0 heterocycles. The maximum absolute atomic E-state index is 12.7. The third kappa shape index (κ3) is 3.35. The Morgan fingerprint density at radius 1 is 1.21 bits per heavy atom. The summed E-state index contributed by atoms with van der Waals surface area (Å²) >= 11 is 5.81. The van der Waals surface area contributed by atoms with Gasteiger partial charge in [-0.15, -0.1) is 11.6 Å². The molecule has 0 atom stereocenters. The summed E-state index contributed by atoms with van der Waals surface area (Å²) in [6, 6.07) is 3.50. The molecule has 0 saturated heterocycles. The predicted octanol–water partition coefficient (Wildman–Crippen LogP) is 3.33. The zero-order valence-electron chi connectivity index (χ0n) is 7.87. The summed E-state index contributed by atoms with van der Waals surface area (Å²) in [5.41, 5.74) is 0.414. The van der Waals surface area contributed by atoms with E-state index >= 15 is 0 Å². The van der Waals surface area contributed by atoms with Gasteiger partial charge in [-0.1, -0.05) is 11.8 Å². The van der Waals surface area contributed by atoms with Gasteiger partial charge in [0, 0.05) is 5.56 Å². The Labute approximate surface area is 86.9 Å². The van der Waals surface area contributed by atoms with Gasteiger partial charge in [0.05, 0.1) is 4.87 Å². The molecule has 0 saturated carbocycles. The fraction of sp³-hybridized carbons (Fsp3) is 0.273. The molecule has 0 aliphatic heterocycles. The molecule has 0 bridgehead atoms. The van der Waals surface area contributed by atoms with Crippen molar-refractivity contribution < 1.29 is 8.78 Å². The highest BCUT2D eigenvalue weighted by Crippen LogP contribution is 2.12. The van der Waals surface area contributed by atoms with Crippen LogP contribution < -0.4 is 0 Å². The van der Waals surface area contributed by atoms with Crippen molar-refractivity contribution in [1.82, 2.24) is 0 Å². The molecule has 0 radical (unpaired) electrons. The van der Waals surface area contributed by atoms with Gasteiger partial charge in [-0.05, 0) is 32.0 Å². The van der Waals surface area contributed by atoms with E-state index in [1.54, 1.807) is 13.8 Å². The first-order chi connectivity index (χ1) is 6.38. The first kappa shape index (κ1) is 11.0. The maximum atomic E-state index is 12.7. The lowest BCUT2D eigenvalue weighted by Gasteiger charge is -2.03. The van der Waals surface area contributed by atoms with Gasteiger partial charge in [0.15, 0.2) is 11.6 Å². The standard InChI is InChI=1S/C11H9ClF2/c1-11(2,12)6-5-8-3-4-9(13)10(14)7-8/h3-4,7H,1-2H3. The highest BCUT2D eigenvalue weighted by atomic mass is 35.5. The summed E-state index contributed by atoms with van der Waals surface area (Å²) in [6.45, 7) is 3.45. The highest BCUT2D eigenvalue weighted by Gasteiger charge is 2.07. The largest absolute Gasteiger partial charge is 0.204 e. The van der Waals surface area contributed by atoms with Crippen LogP contribution in [0.3, 0.4) is 0 Å². The second kappa shape index (κ2) is 3.98. The summed E-state index contributed by atoms with van der Waals surface area (Å²) in [5.74, 6) is 3.60. The summed E-state index contributed by atoms with van der Waals surface area (Å²) in [4.78, 5) is -0.662. The molecule has 1 aromatic rings. The quantitative estimate of drug-likeness (QED) is 0.459. The van der Waals surface area contributed by atoms with Crippen molar-refractivity contribution in [2.45, 2.75) is 18.7 Å². The number of halogens is 3. The van der Waals surface area contributed by atoms with E-state index in [2.05, 4.69) is 11.8 Å². The number of hydrogen-bond acceptors (Lipinski definition) is 0. The van der Waals surface area contributed by atoms with Crippen molar-refractivity contribution in [3.63, 3.8) is 0 Å². The van der Waals surface area contributed by atoms with E-state index in [1.807, 2.05) is 0 Å². The Morgan fingerprint density at radius 3 is 2.36 bits per heavy atom. The minimum absolute atomic E-state index is 0.414. The molecule has 74 valence electrons. The summed E-state index contributed by atoms with van der Waals surface area (Å²) < 4.78 is 25.2. The zero-order chi connectivity index (χ0) is 10.8. The maximum Gasteiger partial charge on any atom is 0.160 e. The van der Waals surface area contributed by atoms with Crippen molar-refractivity contribution in [3.05, 3.63) is 35.4 Å². The molecule has 0 N–H and O–H groups in total. The Balaban J connectivity index is 2.98. The van der Waals surface area contributed by atoms with Gasteiger partial charge < -0.3 is 0 Å². The van der Waals surface area contributed by atoms with Crippen molar-refractivity contribution in [3.8, 4) is 11.8 Å². The SMILES string of the molecule is CC(C)(Cl)C#Cc1ccc(F)c(F)c1. The molecule has 0 unspecified atom stereocenters. The number of rotatable bonds is 0. The smallest absolute Gasteiger partial charge is 0.160 e. The predicted molar refractivity (Wildman–Crippen MR) is 53.2 cm³/mol. The van der Waals surface area contributed by atoms with Crippen LogP contribution in [0.5, 0.6) is 0 Å². The van der Waals surface area contributed by atoms with Crippen LogP contribution in [0.4, 0.5) is 8.78 Å². The van der Waals surface area contributed by atoms with Crippen LogP contribution in [0.1, 0.15) is 19.4 Å². The average Bonchev–Trinajstić information content (AvgIpc) is 2.06. The molecule has 0 aromatic heterocycles. The van der Waals surface area contributed by atoms with E-state index < -0.39 is 16.5 Å². The van der Waals surface area contributed by atoms with Crippen molar-refractivity contribution in [2.24, 2.45) is 0 Å².